The molecule has 0 saturated carbocycles. The first-order valence-corrected chi connectivity index (χ1v) is 8.66. The number of hydrogen-bond acceptors (Lipinski definition) is 3. The molecule has 26 heavy (non-hydrogen) atoms. The van der Waals surface area contributed by atoms with Crippen molar-refractivity contribution in [3.8, 4) is 0 Å². The van der Waals surface area contributed by atoms with Crippen molar-refractivity contribution in [3.05, 3.63) is 88.2 Å². The largest absolute Gasteiger partial charge is 0.346 e. The normalized spacial score (nSPS) is 10.5. The Morgan fingerprint density at radius 3 is 2.42 bits per heavy atom. The molecule has 0 unspecified atom stereocenters. The van der Waals surface area contributed by atoms with E-state index in [0.717, 1.165) is 12.2 Å². The molecule has 0 aliphatic heterocycles. The zero-order valence-electron chi connectivity index (χ0n) is 14.3. The molecule has 6 heteroatoms. The topological polar surface area (TPSA) is 64.0 Å². The van der Waals surface area contributed by atoms with Crippen LogP contribution in [-0.2, 0) is 13.1 Å². The van der Waals surface area contributed by atoms with Crippen LogP contribution in [0, 0.1) is 0 Å². The predicted octanol–water partition coefficient (Wildman–Crippen LogP) is 3.72. The summed E-state index contributed by atoms with van der Waals surface area (Å²) in [5, 5.41) is 7.59. The van der Waals surface area contributed by atoms with E-state index >= 15 is 0 Å². The first-order valence-electron chi connectivity index (χ1n) is 8.28. The van der Waals surface area contributed by atoms with Crippen LogP contribution in [0.5, 0.6) is 0 Å². The van der Waals surface area contributed by atoms with E-state index in [0.29, 0.717) is 28.3 Å². The number of nitrogens with one attached hydrogen (secondary N) is 1. The highest BCUT2D eigenvalue weighted by Gasteiger charge is 2.18. The van der Waals surface area contributed by atoms with E-state index in [4.69, 9.17) is 11.6 Å². The number of ketones is 1. The highest BCUT2D eigenvalue weighted by Crippen LogP contribution is 2.17. The summed E-state index contributed by atoms with van der Waals surface area (Å²) in [6.45, 7) is 3.05. The van der Waals surface area contributed by atoms with Crippen LogP contribution >= 0.6 is 11.6 Å². The van der Waals surface area contributed by atoms with Crippen molar-refractivity contribution in [2.45, 2.75) is 20.0 Å². The lowest BCUT2D eigenvalue weighted by Crippen LogP contribution is -2.26. The lowest BCUT2D eigenvalue weighted by molar-refractivity contribution is 0.0939. The lowest BCUT2D eigenvalue weighted by Gasteiger charge is -2.10. The Balaban J connectivity index is 1.81. The Hall–Kier alpha value is -2.92. The summed E-state index contributed by atoms with van der Waals surface area (Å²) in [4.78, 5) is 25.4. The van der Waals surface area contributed by atoms with Gasteiger partial charge >= 0.3 is 0 Å². The summed E-state index contributed by atoms with van der Waals surface area (Å²) in [6.07, 6.45) is 1.70. The van der Waals surface area contributed by atoms with Crippen LogP contribution in [0.3, 0.4) is 0 Å². The third-order valence-corrected chi connectivity index (χ3v) is 4.31. The van der Waals surface area contributed by atoms with Crippen LogP contribution in [0.15, 0.2) is 60.8 Å². The highest BCUT2D eigenvalue weighted by molar-refractivity contribution is 6.30. The van der Waals surface area contributed by atoms with Crippen molar-refractivity contribution in [2.75, 3.05) is 0 Å². The Morgan fingerprint density at radius 2 is 1.73 bits per heavy atom. The first-order chi connectivity index (χ1) is 12.6. The van der Waals surface area contributed by atoms with Gasteiger partial charge in [0, 0.05) is 28.9 Å². The molecule has 0 atom stereocenters. The Morgan fingerprint density at radius 1 is 1.04 bits per heavy atom. The number of carbonyl (C=O) groups is 2. The number of carbonyl (C=O) groups excluding carboxylic acids is 2. The van der Waals surface area contributed by atoms with Crippen molar-refractivity contribution in [1.29, 1.82) is 0 Å². The third-order valence-electron chi connectivity index (χ3n) is 4.06. The van der Waals surface area contributed by atoms with Crippen molar-refractivity contribution in [1.82, 2.24) is 15.1 Å². The van der Waals surface area contributed by atoms with Gasteiger partial charge in [-0.15, -0.1) is 0 Å². The molecular weight excluding hydrogens is 350 g/mol. The van der Waals surface area contributed by atoms with Gasteiger partial charge in [-0.2, -0.15) is 5.10 Å². The molecule has 0 saturated heterocycles. The quantitative estimate of drug-likeness (QED) is 0.675. The molecule has 132 valence electrons. The number of aryl methyl sites for hydroxylation is 1. The van der Waals surface area contributed by atoms with Crippen molar-refractivity contribution in [2.24, 2.45) is 0 Å². The minimum absolute atomic E-state index is 0.217. The molecule has 0 radical (unpaired) electrons. The Kier molecular flexibility index (Phi) is 5.49. The van der Waals surface area contributed by atoms with Crippen LogP contribution in [0.2, 0.25) is 5.02 Å². The maximum absolute atomic E-state index is 12.8. The van der Waals surface area contributed by atoms with E-state index in [1.54, 1.807) is 54.7 Å². The van der Waals surface area contributed by atoms with Gasteiger partial charge < -0.3 is 5.32 Å². The van der Waals surface area contributed by atoms with Crippen LogP contribution in [0.4, 0.5) is 0 Å². The van der Waals surface area contributed by atoms with E-state index in [9.17, 15) is 9.59 Å². The monoisotopic (exact) mass is 367 g/mol. The summed E-state index contributed by atoms with van der Waals surface area (Å²) in [7, 11) is 0. The van der Waals surface area contributed by atoms with Gasteiger partial charge in [0.15, 0.2) is 5.78 Å². The van der Waals surface area contributed by atoms with E-state index in [1.165, 1.54) is 0 Å². The van der Waals surface area contributed by atoms with E-state index in [-0.39, 0.29) is 11.7 Å². The maximum Gasteiger partial charge on any atom is 0.252 e. The summed E-state index contributed by atoms with van der Waals surface area (Å²) >= 11 is 5.88. The highest BCUT2D eigenvalue weighted by atomic mass is 35.5. The van der Waals surface area contributed by atoms with Gasteiger partial charge in [-0.05, 0) is 43.3 Å². The number of amides is 1. The average molecular weight is 368 g/mol. The van der Waals surface area contributed by atoms with Gasteiger partial charge in [-0.25, -0.2) is 0 Å². The summed E-state index contributed by atoms with van der Waals surface area (Å²) in [6, 6.07) is 15.3. The van der Waals surface area contributed by atoms with Gasteiger partial charge in [0.1, 0.15) is 0 Å². The van der Waals surface area contributed by atoms with Gasteiger partial charge in [0.05, 0.1) is 17.8 Å². The second-order valence-electron chi connectivity index (χ2n) is 5.70. The van der Waals surface area contributed by atoms with Crippen molar-refractivity contribution >= 4 is 23.3 Å². The van der Waals surface area contributed by atoms with Crippen LogP contribution < -0.4 is 5.32 Å². The van der Waals surface area contributed by atoms with E-state index in [2.05, 4.69) is 10.4 Å². The van der Waals surface area contributed by atoms with Crippen LogP contribution in [0.1, 0.15) is 38.9 Å². The molecule has 5 nitrogen and oxygen atoms in total. The van der Waals surface area contributed by atoms with Crippen LogP contribution in [-0.4, -0.2) is 21.5 Å². The Labute approximate surface area is 156 Å². The molecule has 1 aromatic heterocycles. The molecule has 1 N–H and O–H groups in total. The van der Waals surface area contributed by atoms with Crippen molar-refractivity contribution < 1.29 is 9.59 Å². The number of nitrogens with zero attached hydrogens (tertiary/aromatic N) is 2. The second kappa shape index (κ2) is 7.97. The molecule has 0 aliphatic carbocycles. The SMILES string of the molecule is CCn1nccc1CNC(=O)c1ccccc1C(=O)c1ccc(Cl)cc1. The molecule has 0 fully saturated rings. The molecule has 0 spiro atoms. The molecular formula is C20H18ClN3O2. The fourth-order valence-electron chi connectivity index (χ4n) is 2.70. The zero-order chi connectivity index (χ0) is 18.5. The fourth-order valence-corrected chi connectivity index (χ4v) is 2.82. The average Bonchev–Trinajstić information content (AvgIpc) is 3.13. The standard InChI is InChI=1S/C20H18ClN3O2/c1-2-24-16(11-12-23-24)13-22-20(26)18-6-4-3-5-17(18)19(25)14-7-9-15(21)10-8-14/h3-12H,2,13H2,1H3,(H,22,26). The molecule has 2 aromatic carbocycles. The van der Waals surface area contributed by atoms with Gasteiger partial charge in [-0.3, -0.25) is 14.3 Å². The molecule has 0 bridgehead atoms. The number of benzene rings is 2. The minimum Gasteiger partial charge on any atom is -0.346 e. The lowest BCUT2D eigenvalue weighted by atomic mass is 9.98. The van der Waals surface area contributed by atoms with Crippen LogP contribution in [0.25, 0.3) is 0 Å². The predicted molar refractivity (Wildman–Crippen MR) is 100 cm³/mol. The zero-order valence-corrected chi connectivity index (χ0v) is 15.0. The number of halogens is 1. The summed E-state index contributed by atoms with van der Waals surface area (Å²) in [5.41, 5.74) is 2.09. The molecule has 3 rings (SSSR count). The molecule has 3 aromatic rings. The smallest absolute Gasteiger partial charge is 0.252 e. The van der Waals surface area contributed by atoms with Gasteiger partial charge in [0.25, 0.3) is 5.91 Å². The second-order valence-corrected chi connectivity index (χ2v) is 6.14. The molecule has 1 amide bonds. The first kappa shape index (κ1) is 17.9. The summed E-state index contributed by atoms with van der Waals surface area (Å²) in [5.74, 6) is -0.516. The van der Waals surface area contributed by atoms with Gasteiger partial charge in [-0.1, -0.05) is 29.8 Å². The summed E-state index contributed by atoms with van der Waals surface area (Å²) < 4.78 is 1.81. The van der Waals surface area contributed by atoms with E-state index < -0.39 is 0 Å². The maximum atomic E-state index is 12.8. The number of hydrogen-bond donors (Lipinski definition) is 1. The number of aromatic nitrogens is 2. The van der Waals surface area contributed by atoms with Gasteiger partial charge in [0.2, 0.25) is 0 Å². The molecule has 1 heterocycles. The Bertz CT molecular complexity index is 932. The fraction of sp³-hybridized carbons (Fsp3) is 0.150. The van der Waals surface area contributed by atoms with E-state index in [1.807, 2.05) is 17.7 Å². The minimum atomic E-state index is -0.299. The molecule has 0 aliphatic rings. The van der Waals surface area contributed by atoms with Crippen molar-refractivity contribution in [3.63, 3.8) is 0 Å². The number of rotatable bonds is 6. The third kappa shape index (κ3) is 3.83.